The van der Waals surface area contributed by atoms with Gasteiger partial charge < -0.3 is 0 Å². The van der Waals surface area contributed by atoms with Crippen LogP contribution in [0.25, 0.3) is 22.4 Å². The van der Waals surface area contributed by atoms with E-state index in [1.165, 1.54) is 11.3 Å². The average molecular weight is 354 g/mol. The van der Waals surface area contributed by atoms with E-state index >= 15 is 0 Å². The number of aryl methyl sites for hydroxylation is 1. The second-order valence-corrected chi connectivity index (χ2v) is 6.81. The minimum atomic E-state index is -0.127. The second kappa shape index (κ2) is 5.85. The van der Waals surface area contributed by atoms with Gasteiger partial charge in [0, 0.05) is 10.6 Å². The molecule has 0 radical (unpaired) electrons. The lowest BCUT2D eigenvalue weighted by Crippen LogP contribution is -2.23. The summed E-state index contributed by atoms with van der Waals surface area (Å²) < 4.78 is 2.15. The predicted molar refractivity (Wildman–Crippen MR) is 97.5 cm³/mol. The molecule has 118 valence electrons. The van der Waals surface area contributed by atoms with Crippen LogP contribution in [0.2, 0.25) is 5.02 Å². The van der Waals surface area contributed by atoms with Gasteiger partial charge in [0.1, 0.15) is 0 Å². The molecule has 0 saturated carbocycles. The van der Waals surface area contributed by atoms with E-state index in [-0.39, 0.29) is 5.56 Å². The molecule has 0 amide bonds. The Kier molecular flexibility index (Phi) is 3.67. The highest BCUT2D eigenvalue weighted by molar-refractivity contribution is 7.15. The summed E-state index contributed by atoms with van der Waals surface area (Å²) in [6.45, 7) is 1.99. The zero-order valence-electron chi connectivity index (χ0n) is 12.7. The van der Waals surface area contributed by atoms with Crippen LogP contribution in [0.4, 0.5) is 0 Å². The number of hydrogen-bond donors (Lipinski definition) is 0. The van der Waals surface area contributed by atoms with Gasteiger partial charge >= 0.3 is 0 Å². The first kappa shape index (κ1) is 15.1. The maximum Gasteiger partial charge on any atom is 0.276 e. The summed E-state index contributed by atoms with van der Waals surface area (Å²) in [6, 6.07) is 15.3. The number of nitrogens with zero attached hydrogens (tertiary/aromatic N) is 3. The molecule has 6 heteroatoms. The first-order valence-corrected chi connectivity index (χ1v) is 8.55. The third-order valence-corrected chi connectivity index (χ3v) is 5.13. The molecule has 4 nitrogen and oxygen atoms in total. The van der Waals surface area contributed by atoms with Crippen molar-refractivity contribution < 1.29 is 0 Å². The van der Waals surface area contributed by atoms with Crippen LogP contribution in [-0.2, 0) is 0 Å². The molecule has 0 spiro atoms. The van der Waals surface area contributed by atoms with Gasteiger partial charge in [-0.1, -0.05) is 65.4 Å². The van der Waals surface area contributed by atoms with E-state index in [1.54, 1.807) is 16.5 Å². The van der Waals surface area contributed by atoms with E-state index < -0.39 is 0 Å². The Morgan fingerprint density at radius 1 is 1.08 bits per heavy atom. The summed E-state index contributed by atoms with van der Waals surface area (Å²) in [7, 11) is 0. The van der Waals surface area contributed by atoms with Gasteiger partial charge in [0.15, 0.2) is 5.82 Å². The van der Waals surface area contributed by atoms with E-state index in [2.05, 4.69) is 10.2 Å². The standard InChI is InChI=1S/C18H12ClN3OS/c1-11-6-2-4-8-13(11)16-20-21-18-22(16)17(23)15(24-18)10-12-7-3-5-9-14(12)19/h2-10H,1H3/b15-10+. The Morgan fingerprint density at radius 3 is 2.62 bits per heavy atom. The minimum absolute atomic E-state index is 0.127. The van der Waals surface area contributed by atoms with E-state index in [1.807, 2.05) is 49.4 Å². The molecule has 0 aliphatic heterocycles. The summed E-state index contributed by atoms with van der Waals surface area (Å²) >= 11 is 7.50. The maximum absolute atomic E-state index is 12.8. The fourth-order valence-corrected chi connectivity index (χ4v) is 3.69. The minimum Gasteiger partial charge on any atom is -0.267 e. The molecular weight excluding hydrogens is 342 g/mol. The second-order valence-electron chi connectivity index (χ2n) is 5.39. The Balaban J connectivity index is 1.97. The fraction of sp³-hybridized carbons (Fsp3) is 0.0556. The maximum atomic E-state index is 12.8. The predicted octanol–water partition coefficient (Wildman–Crippen LogP) is 3.33. The van der Waals surface area contributed by atoms with Gasteiger partial charge in [-0.05, 0) is 30.2 Å². The average Bonchev–Trinajstić information content (AvgIpc) is 3.11. The topological polar surface area (TPSA) is 47.3 Å². The van der Waals surface area contributed by atoms with Crippen molar-refractivity contribution in [2.24, 2.45) is 0 Å². The number of fused-ring (bicyclic) bond motifs is 1. The number of benzene rings is 2. The Hall–Kier alpha value is -2.50. The first-order valence-electron chi connectivity index (χ1n) is 7.35. The molecular formula is C18H12ClN3OS. The smallest absolute Gasteiger partial charge is 0.267 e. The van der Waals surface area contributed by atoms with Gasteiger partial charge in [-0.25, -0.2) is 4.40 Å². The zero-order chi connectivity index (χ0) is 16.7. The highest BCUT2D eigenvalue weighted by atomic mass is 35.5. The summed E-state index contributed by atoms with van der Waals surface area (Å²) in [6.07, 6.45) is 1.80. The number of aromatic nitrogens is 3. The Labute approximate surface area is 146 Å². The van der Waals surface area contributed by atoms with E-state index in [9.17, 15) is 4.79 Å². The third kappa shape index (κ3) is 2.42. The lowest BCUT2D eigenvalue weighted by atomic mass is 10.1. The summed E-state index contributed by atoms with van der Waals surface area (Å²) in [5.41, 5.74) is 2.64. The fourth-order valence-electron chi connectivity index (χ4n) is 2.59. The molecule has 0 N–H and O–H groups in total. The van der Waals surface area contributed by atoms with Gasteiger partial charge in [-0.2, -0.15) is 0 Å². The van der Waals surface area contributed by atoms with Gasteiger partial charge in [-0.3, -0.25) is 4.79 Å². The van der Waals surface area contributed by atoms with Crippen molar-refractivity contribution in [2.45, 2.75) is 6.92 Å². The number of rotatable bonds is 2. The molecule has 0 fully saturated rings. The molecule has 0 atom stereocenters. The number of hydrogen-bond acceptors (Lipinski definition) is 4. The van der Waals surface area contributed by atoms with Crippen molar-refractivity contribution in [3.05, 3.63) is 79.6 Å². The Bertz CT molecular complexity index is 1160. The van der Waals surface area contributed by atoms with Crippen LogP contribution in [0, 0.1) is 6.92 Å². The van der Waals surface area contributed by atoms with E-state index in [0.717, 1.165) is 16.7 Å². The van der Waals surface area contributed by atoms with Crippen molar-refractivity contribution >= 4 is 34.0 Å². The van der Waals surface area contributed by atoms with Crippen molar-refractivity contribution in [1.29, 1.82) is 0 Å². The first-order chi connectivity index (χ1) is 11.6. The molecule has 4 rings (SSSR count). The Morgan fingerprint density at radius 2 is 1.83 bits per heavy atom. The van der Waals surface area contributed by atoms with Crippen LogP contribution in [0.1, 0.15) is 11.1 Å². The lowest BCUT2D eigenvalue weighted by Gasteiger charge is -2.01. The third-order valence-electron chi connectivity index (χ3n) is 3.83. The van der Waals surface area contributed by atoms with Gasteiger partial charge in [0.05, 0.1) is 4.53 Å². The zero-order valence-corrected chi connectivity index (χ0v) is 14.3. The molecule has 4 aromatic rings. The van der Waals surface area contributed by atoms with Crippen molar-refractivity contribution in [1.82, 2.24) is 14.6 Å². The molecule has 2 heterocycles. The van der Waals surface area contributed by atoms with Gasteiger partial charge in [0.25, 0.3) is 5.56 Å². The quantitative estimate of drug-likeness (QED) is 0.555. The molecule has 24 heavy (non-hydrogen) atoms. The molecule has 0 saturated heterocycles. The SMILES string of the molecule is Cc1ccccc1-c1nnc2s/c(=C/c3ccccc3Cl)c(=O)n12. The summed E-state index contributed by atoms with van der Waals surface area (Å²) in [4.78, 5) is 13.4. The van der Waals surface area contributed by atoms with E-state index in [0.29, 0.717) is 20.3 Å². The van der Waals surface area contributed by atoms with Crippen LogP contribution < -0.4 is 10.1 Å². The highest BCUT2D eigenvalue weighted by Crippen LogP contribution is 2.21. The van der Waals surface area contributed by atoms with Crippen LogP contribution in [-0.4, -0.2) is 14.6 Å². The van der Waals surface area contributed by atoms with Crippen LogP contribution in [0.15, 0.2) is 53.3 Å². The van der Waals surface area contributed by atoms with Crippen molar-refractivity contribution in [3.8, 4) is 11.4 Å². The molecule has 2 aromatic heterocycles. The largest absolute Gasteiger partial charge is 0.276 e. The highest BCUT2D eigenvalue weighted by Gasteiger charge is 2.15. The van der Waals surface area contributed by atoms with Gasteiger partial charge in [-0.15, -0.1) is 10.2 Å². The molecule has 2 aromatic carbocycles. The van der Waals surface area contributed by atoms with Crippen LogP contribution >= 0.6 is 22.9 Å². The van der Waals surface area contributed by atoms with Crippen molar-refractivity contribution in [3.63, 3.8) is 0 Å². The molecule has 0 unspecified atom stereocenters. The summed E-state index contributed by atoms with van der Waals surface area (Å²) in [5, 5.41) is 8.97. The lowest BCUT2D eigenvalue weighted by molar-refractivity contribution is 1.09. The van der Waals surface area contributed by atoms with Crippen LogP contribution in [0.3, 0.4) is 0 Å². The van der Waals surface area contributed by atoms with Crippen molar-refractivity contribution in [2.75, 3.05) is 0 Å². The summed E-state index contributed by atoms with van der Waals surface area (Å²) in [5.74, 6) is 0.572. The monoisotopic (exact) mass is 353 g/mol. The number of thiazole rings is 1. The number of halogens is 1. The molecule has 0 bridgehead atoms. The molecule has 0 aliphatic rings. The van der Waals surface area contributed by atoms with Crippen LogP contribution in [0.5, 0.6) is 0 Å². The van der Waals surface area contributed by atoms with E-state index in [4.69, 9.17) is 11.6 Å². The van der Waals surface area contributed by atoms with Gasteiger partial charge in [0.2, 0.25) is 4.96 Å². The normalized spacial score (nSPS) is 12.2. The molecule has 0 aliphatic carbocycles.